The Morgan fingerprint density at radius 2 is 1.72 bits per heavy atom. The van der Waals surface area contributed by atoms with Gasteiger partial charge in [0.15, 0.2) is 11.5 Å². The highest BCUT2D eigenvalue weighted by atomic mass is 127. The number of imide groups is 2. The highest BCUT2D eigenvalue weighted by Gasteiger charge is 2.37. The van der Waals surface area contributed by atoms with Crippen LogP contribution in [-0.2, 0) is 16.2 Å². The second kappa shape index (κ2) is 10.7. The first kappa shape index (κ1) is 25.7. The van der Waals surface area contributed by atoms with Crippen molar-refractivity contribution >= 4 is 63.8 Å². The Kier molecular flexibility index (Phi) is 7.65. The van der Waals surface area contributed by atoms with Crippen molar-refractivity contribution in [3.63, 3.8) is 0 Å². The standard InChI is InChI=1S/C27H22ClIN2O5/c1-15-4-9-20(10-16(15)2)31-26(33)21(25(32)30-27(31)34)11-18-12-22(28)24(23(13-18)35-3)36-14-17-5-7-19(29)8-6-17/h4-13H,14H2,1-3H3,(H,30,32,34)/b21-11+. The second-order valence-electron chi connectivity index (χ2n) is 8.18. The van der Waals surface area contributed by atoms with E-state index in [1.54, 1.807) is 24.3 Å². The number of nitrogens with zero attached hydrogens (tertiary/aromatic N) is 1. The monoisotopic (exact) mass is 616 g/mol. The molecule has 0 aromatic heterocycles. The SMILES string of the molecule is COc1cc(/C=C2\C(=O)NC(=O)N(c3ccc(C)c(C)c3)C2=O)cc(Cl)c1OCc1ccc(I)cc1. The summed E-state index contributed by atoms with van der Waals surface area (Å²) >= 11 is 8.72. The number of amides is 4. The minimum absolute atomic E-state index is 0.210. The van der Waals surface area contributed by atoms with Gasteiger partial charge in [0.2, 0.25) is 0 Å². The first-order valence-electron chi connectivity index (χ1n) is 10.9. The van der Waals surface area contributed by atoms with Crippen molar-refractivity contribution in [3.05, 3.63) is 91.0 Å². The molecule has 1 heterocycles. The van der Waals surface area contributed by atoms with Gasteiger partial charge in [-0.15, -0.1) is 0 Å². The number of hydrogen-bond donors (Lipinski definition) is 1. The number of urea groups is 1. The molecule has 0 bridgehead atoms. The molecule has 1 saturated heterocycles. The summed E-state index contributed by atoms with van der Waals surface area (Å²) in [5, 5.41) is 2.48. The highest BCUT2D eigenvalue weighted by Crippen LogP contribution is 2.38. The summed E-state index contributed by atoms with van der Waals surface area (Å²) in [5.41, 5.74) is 3.48. The average molecular weight is 617 g/mol. The van der Waals surface area contributed by atoms with Crippen molar-refractivity contribution < 1.29 is 23.9 Å². The Morgan fingerprint density at radius 3 is 2.39 bits per heavy atom. The number of halogens is 2. The molecule has 4 rings (SSSR count). The number of rotatable bonds is 6. The quantitative estimate of drug-likeness (QED) is 0.215. The van der Waals surface area contributed by atoms with Crippen LogP contribution in [0.25, 0.3) is 6.08 Å². The van der Waals surface area contributed by atoms with Crippen molar-refractivity contribution in [2.45, 2.75) is 20.5 Å². The number of hydrogen-bond acceptors (Lipinski definition) is 5. The van der Waals surface area contributed by atoms with Crippen molar-refractivity contribution in [1.82, 2.24) is 5.32 Å². The Labute approximate surface area is 227 Å². The van der Waals surface area contributed by atoms with Crippen LogP contribution in [0.3, 0.4) is 0 Å². The number of nitrogens with one attached hydrogen (secondary N) is 1. The first-order valence-corrected chi connectivity index (χ1v) is 12.4. The van der Waals surface area contributed by atoms with Gasteiger partial charge < -0.3 is 9.47 Å². The predicted molar refractivity (Wildman–Crippen MR) is 146 cm³/mol. The molecule has 0 atom stereocenters. The molecule has 3 aromatic carbocycles. The molecule has 184 valence electrons. The van der Waals surface area contributed by atoms with Crippen LogP contribution in [-0.4, -0.2) is 25.0 Å². The molecule has 0 aliphatic carbocycles. The zero-order valence-corrected chi connectivity index (χ0v) is 22.6. The topological polar surface area (TPSA) is 84.9 Å². The first-order chi connectivity index (χ1) is 17.2. The minimum Gasteiger partial charge on any atom is -0.493 e. The largest absolute Gasteiger partial charge is 0.493 e. The molecule has 0 unspecified atom stereocenters. The average Bonchev–Trinajstić information content (AvgIpc) is 2.84. The van der Waals surface area contributed by atoms with Crippen LogP contribution in [0.4, 0.5) is 10.5 Å². The Bertz CT molecular complexity index is 1400. The van der Waals surface area contributed by atoms with Crippen LogP contribution in [0.1, 0.15) is 22.3 Å². The maximum absolute atomic E-state index is 13.2. The van der Waals surface area contributed by atoms with E-state index in [9.17, 15) is 14.4 Å². The van der Waals surface area contributed by atoms with Crippen LogP contribution < -0.4 is 19.7 Å². The third-order valence-corrected chi connectivity index (χ3v) is 6.71. The molecule has 1 aliphatic heterocycles. The molecule has 1 N–H and O–H groups in total. The van der Waals surface area contributed by atoms with E-state index in [-0.39, 0.29) is 17.2 Å². The Balaban J connectivity index is 1.64. The number of anilines is 1. The van der Waals surface area contributed by atoms with Gasteiger partial charge in [-0.25, -0.2) is 9.69 Å². The van der Waals surface area contributed by atoms with E-state index in [1.807, 2.05) is 44.2 Å². The number of carbonyl (C=O) groups excluding carboxylic acids is 3. The van der Waals surface area contributed by atoms with E-state index in [0.29, 0.717) is 22.7 Å². The number of aryl methyl sites for hydroxylation is 2. The lowest BCUT2D eigenvalue weighted by molar-refractivity contribution is -0.122. The summed E-state index contributed by atoms with van der Waals surface area (Å²) in [5.74, 6) is -0.850. The molecule has 36 heavy (non-hydrogen) atoms. The van der Waals surface area contributed by atoms with Gasteiger partial charge >= 0.3 is 6.03 Å². The second-order valence-corrected chi connectivity index (χ2v) is 9.83. The number of benzene rings is 3. The number of carbonyl (C=O) groups is 3. The third-order valence-electron chi connectivity index (χ3n) is 5.71. The summed E-state index contributed by atoms with van der Waals surface area (Å²) < 4.78 is 12.5. The van der Waals surface area contributed by atoms with Crippen LogP contribution in [0, 0.1) is 17.4 Å². The summed E-state index contributed by atoms with van der Waals surface area (Å²) in [6, 6.07) is 15.4. The normalized spacial score (nSPS) is 14.8. The maximum Gasteiger partial charge on any atom is 0.335 e. The maximum atomic E-state index is 13.2. The van der Waals surface area contributed by atoms with E-state index >= 15 is 0 Å². The molecule has 3 aromatic rings. The Hall–Kier alpha value is -3.37. The molecule has 0 spiro atoms. The molecule has 0 radical (unpaired) electrons. The minimum atomic E-state index is -0.805. The molecule has 4 amide bonds. The van der Waals surface area contributed by atoms with Crippen molar-refractivity contribution in [3.8, 4) is 11.5 Å². The van der Waals surface area contributed by atoms with Gasteiger partial charge in [-0.1, -0.05) is 29.8 Å². The number of barbiturate groups is 1. The summed E-state index contributed by atoms with van der Waals surface area (Å²) in [4.78, 5) is 39.2. The van der Waals surface area contributed by atoms with E-state index < -0.39 is 17.8 Å². The predicted octanol–water partition coefficient (Wildman–Crippen LogP) is 5.82. The van der Waals surface area contributed by atoms with Gasteiger partial charge in [-0.2, -0.15) is 0 Å². The van der Waals surface area contributed by atoms with E-state index in [1.165, 1.54) is 13.2 Å². The van der Waals surface area contributed by atoms with E-state index in [0.717, 1.165) is 25.2 Å². The zero-order chi connectivity index (χ0) is 26.0. The van der Waals surface area contributed by atoms with Crippen LogP contribution in [0.2, 0.25) is 5.02 Å². The third kappa shape index (κ3) is 5.39. The lowest BCUT2D eigenvalue weighted by Crippen LogP contribution is -2.54. The van der Waals surface area contributed by atoms with Crippen LogP contribution in [0.5, 0.6) is 11.5 Å². The highest BCUT2D eigenvalue weighted by molar-refractivity contribution is 14.1. The summed E-state index contributed by atoms with van der Waals surface area (Å²) in [6.07, 6.45) is 1.37. The fourth-order valence-corrected chi connectivity index (χ4v) is 4.26. The molecular formula is C27H22ClIN2O5. The van der Waals surface area contributed by atoms with E-state index in [2.05, 4.69) is 27.9 Å². The molecule has 1 aliphatic rings. The smallest absolute Gasteiger partial charge is 0.335 e. The van der Waals surface area contributed by atoms with Crippen molar-refractivity contribution in [2.24, 2.45) is 0 Å². The molecule has 0 saturated carbocycles. The molecule has 9 heteroatoms. The molecular weight excluding hydrogens is 595 g/mol. The lowest BCUT2D eigenvalue weighted by atomic mass is 10.0. The van der Waals surface area contributed by atoms with Gasteiger partial charge in [-0.05, 0) is 101 Å². The number of ether oxygens (including phenoxy) is 2. The summed E-state index contributed by atoms with van der Waals surface area (Å²) in [7, 11) is 1.47. The fraction of sp³-hybridized carbons (Fsp3) is 0.148. The van der Waals surface area contributed by atoms with Gasteiger partial charge in [-0.3, -0.25) is 14.9 Å². The lowest BCUT2D eigenvalue weighted by Gasteiger charge is -2.27. The van der Waals surface area contributed by atoms with Gasteiger partial charge in [0.05, 0.1) is 17.8 Å². The molecule has 1 fully saturated rings. The fourth-order valence-electron chi connectivity index (χ4n) is 3.62. The van der Waals surface area contributed by atoms with Gasteiger partial charge in [0, 0.05) is 3.57 Å². The van der Waals surface area contributed by atoms with Crippen LogP contribution >= 0.6 is 34.2 Å². The van der Waals surface area contributed by atoms with E-state index in [4.69, 9.17) is 21.1 Å². The van der Waals surface area contributed by atoms with Gasteiger partial charge in [0.1, 0.15) is 12.2 Å². The Morgan fingerprint density at radius 1 is 1.00 bits per heavy atom. The number of methoxy groups -OCH3 is 1. The zero-order valence-electron chi connectivity index (χ0n) is 19.7. The van der Waals surface area contributed by atoms with Crippen molar-refractivity contribution in [2.75, 3.05) is 12.0 Å². The van der Waals surface area contributed by atoms with Gasteiger partial charge in [0.25, 0.3) is 11.8 Å². The molecule has 7 nitrogen and oxygen atoms in total. The van der Waals surface area contributed by atoms with Crippen molar-refractivity contribution in [1.29, 1.82) is 0 Å². The summed E-state index contributed by atoms with van der Waals surface area (Å²) in [6.45, 7) is 4.09. The van der Waals surface area contributed by atoms with Crippen LogP contribution in [0.15, 0.2) is 60.2 Å².